The molecule has 0 spiro atoms. The lowest BCUT2D eigenvalue weighted by Crippen LogP contribution is -2.37. The maximum Gasteiger partial charge on any atom is 0.0207 e. The highest BCUT2D eigenvalue weighted by molar-refractivity contribution is 5.03. The van der Waals surface area contributed by atoms with Crippen molar-refractivity contribution in [2.75, 3.05) is 19.6 Å². The van der Waals surface area contributed by atoms with Crippen LogP contribution in [0, 0.1) is 0 Å². The standard InChI is InChI=1S/C10H20N2/c1-3-11-9-4-7-12(8-9)10(2)5-6-10/h9,11H,3-8H2,1-2H3. The Morgan fingerprint density at radius 1 is 1.50 bits per heavy atom. The molecule has 70 valence electrons. The minimum atomic E-state index is 0.601. The second kappa shape index (κ2) is 3.00. The Hall–Kier alpha value is -0.0800. The van der Waals surface area contributed by atoms with E-state index >= 15 is 0 Å². The van der Waals surface area contributed by atoms with Crippen molar-refractivity contribution in [2.45, 2.75) is 44.7 Å². The molecule has 2 rings (SSSR count). The Morgan fingerprint density at radius 3 is 2.83 bits per heavy atom. The van der Waals surface area contributed by atoms with Crippen LogP contribution in [-0.4, -0.2) is 36.1 Å². The molecular weight excluding hydrogens is 148 g/mol. The molecule has 1 saturated carbocycles. The molecule has 1 unspecified atom stereocenters. The minimum Gasteiger partial charge on any atom is -0.313 e. The Bertz CT molecular complexity index is 163. The highest BCUT2D eigenvalue weighted by Crippen LogP contribution is 2.42. The quantitative estimate of drug-likeness (QED) is 0.681. The zero-order valence-corrected chi connectivity index (χ0v) is 8.27. The molecule has 0 aromatic rings. The average molecular weight is 168 g/mol. The third-order valence-corrected chi connectivity index (χ3v) is 3.42. The Morgan fingerprint density at radius 2 is 2.25 bits per heavy atom. The molecule has 1 saturated heterocycles. The van der Waals surface area contributed by atoms with Gasteiger partial charge in [0.15, 0.2) is 0 Å². The number of likely N-dealkylation sites (N-methyl/N-ethyl adjacent to an activating group) is 1. The van der Waals surface area contributed by atoms with E-state index in [-0.39, 0.29) is 0 Å². The molecule has 2 heteroatoms. The van der Waals surface area contributed by atoms with Gasteiger partial charge < -0.3 is 5.32 Å². The van der Waals surface area contributed by atoms with E-state index in [1.165, 1.54) is 32.4 Å². The summed E-state index contributed by atoms with van der Waals surface area (Å²) in [5.41, 5.74) is 0.601. The first kappa shape index (κ1) is 8.52. The van der Waals surface area contributed by atoms with Gasteiger partial charge in [-0.1, -0.05) is 6.92 Å². The van der Waals surface area contributed by atoms with Gasteiger partial charge in [-0.15, -0.1) is 0 Å². The fraction of sp³-hybridized carbons (Fsp3) is 1.00. The topological polar surface area (TPSA) is 15.3 Å². The fourth-order valence-corrected chi connectivity index (χ4v) is 2.20. The van der Waals surface area contributed by atoms with E-state index in [2.05, 4.69) is 24.1 Å². The fourth-order valence-electron chi connectivity index (χ4n) is 2.20. The van der Waals surface area contributed by atoms with Crippen LogP contribution >= 0.6 is 0 Å². The van der Waals surface area contributed by atoms with Gasteiger partial charge in [0.2, 0.25) is 0 Å². The first-order chi connectivity index (χ1) is 5.74. The van der Waals surface area contributed by atoms with Gasteiger partial charge in [0.05, 0.1) is 0 Å². The molecule has 1 N–H and O–H groups in total. The molecule has 1 atom stereocenters. The van der Waals surface area contributed by atoms with Crippen LogP contribution in [0.3, 0.4) is 0 Å². The summed E-state index contributed by atoms with van der Waals surface area (Å²) < 4.78 is 0. The molecule has 1 aliphatic heterocycles. The summed E-state index contributed by atoms with van der Waals surface area (Å²) in [5, 5.41) is 3.53. The molecule has 0 radical (unpaired) electrons. The van der Waals surface area contributed by atoms with Crippen molar-refractivity contribution < 1.29 is 0 Å². The molecule has 0 aromatic carbocycles. The number of nitrogens with zero attached hydrogens (tertiary/aromatic N) is 1. The van der Waals surface area contributed by atoms with Crippen LogP contribution in [0.15, 0.2) is 0 Å². The maximum atomic E-state index is 3.53. The normalized spacial score (nSPS) is 34.0. The third-order valence-electron chi connectivity index (χ3n) is 3.42. The summed E-state index contributed by atoms with van der Waals surface area (Å²) in [5.74, 6) is 0. The van der Waals surface area contributed by atoms with Gasteiger partial charge in [-0.25, -0.2) is 0 Å². The van der Waals surface area contributed by atoms with Gasteiger partial charge in [-0.3, -0.25) is 4.90 Å². The second-order valence-corrected chi connectivity index (χ2v) is 4.49. The number of likely N-dealkylation sites (tertiary alicyclic amines) is 1. The molecule has 2 fully saturated rings. The van der Waals surface area contributed by atoms with Crippen molar-refractivity contribution in [3.63, 3.8) is 0 Å². The summed E-state index contributed by atoms with van der Waals surface area (Å²) in [7, 11) is 0. The number of hydrogen-bond acceptors (Lipinski definition) is 2. The maximum absolute atomic E-state index is 3.53. The molecule has 1 aliphatic carbocycles. The van der Waals surface area contributed by atoms with Gasteiger partial charge in [-0.2, -0.15) is 0 Å². The first-order valence-corrected chi connectivity index (χ1v) is 5.23. The number of nitrogens with one attached hydrogen (secondary N) is 1. The molecule has 2 aliphatic rings. The summed E-state index contributed by atoms with van der Waals surface area (Å²) in [4.78, 5) is 2.67. The van der Waals surface area contributed by atoms with Crippen LogP contribution in [0.4, 0.5) is 0 Å². The van der Waals surface area contributed by atoms with Crippen molar-refractivity contribution in [3.8, 4) is 0 Å². The van der Waals surface area contributed by atoms with E-state index in [4.69, 9.17) is 0 Å². The first-order valence-electron chi connectivity index (χ1n) is 5.23. The number of hydrogen-bond donors (Lipinski definition) is 1. The molecule has 0 amide bonds. The molecule has 1 heterocycles. The van der Waals surface area contributed by atoms with E-state index in [1.54, 1.807) is 0 Å². The van der Waals surface area contributed by atoms with Crippen molar-refractivity contribution >= 4 is 0 Å². The third kappa shape index (κ3) is 1.50. The average Bonchev–Trinajstić information content (AvgIpc) is 2.64. The summed E-state index contributed by atoms with van der Waals surface area (Å²) >= 11 is 0. The molecule has 2 nitrogen and oxygen atoms in total. The largest absolute Gasteiger partial charge is 0.313 e. The van der Waals surface area contributed by atoms with Crippen LogP contribution in [0.2, 0.25) is 0 Å². The Kier molecular flexibility index (Phi) is 2.13. The lowest BCUT2D eigenvalue weighted by atomic mass is 10.2. The van der Waals surface area contributed by atoms with Crippen LogP contribution in [0.25, 0.3) is 0 Å². The summed E-state index contributed by atoms with van der Waals surface area (Å²) in [6.07, 6.45) is 4.20. The molecule has 12 heavy (non-hydrogen) atoms. The lowest BCUT2D eigenvalue weighted by Gasteiger charge is -2.23. The second-order valence-electron chi connectivity index (χ2n) is 4.49. The predicted octanol–water partition coefficient (Wildman–Crippen LogP) is 1.22. The van der Waals surface area contributed by atoms with Crippen molar-refractivity contribution in [1.82, 2.24) is 10.2 Å². The smallest absolute Gasteiger partial charge is 0.0207 e. The van der Waals surface area contributed by atoms with Crippen LogP contribution in [-0.2, 0) is 0 Å². The zero-order chi connectivity index (χ0) is 8.60. The monoisotopic (exact) mass is 168 g/mol. The van der Waals surface area contributed by atoms with E-state index < -0.39 is 0 Å². The van der Waals surface area contributed by atoms with Crippen molar-refractivity contribution in [3.05, 3.63) is 0 Å². The Balaban J connectivity index is 1.82. The summed E-state index contributed by atoms with van der Waals surface area (Å²) in [6, 6.07) is 0.771. The predicted molar refractivity (Wildman–Crippen MR) is 51.3 cm³/mol. The highest BCUT2D eigenvalue weighted by atomic mass is 15.3. The Labute approximate surface area is 75.3 Å². The molecular formula is C10H20N2. The SMILES string of the molecule is CCNC1CCN(C2(C)CC2)C1. The van der Waals surface area contributed by atoms with E-state index in [0.717, 1.165) is 12.6 Å². The zero-order valence-electron chi connectivity index (χ0n) is 8.27. The highest BCUT2D eigenvalue weighted by Gasteiger charge is 2.45. The van der Waals surface area contributed by atoms with Gasteiger partial charge in [0.1, 0.15) is 0 Å². The van der Waals surface area contributed by atoms with E-state index in [9.17, 15) is 0 Å². The van der Waals surface area contributed by atoms with E-state index in [0.29, 0.717) is 5.54 Å². The summed E-state index contributed by atoms with van der Waals surface area (Å²) in [6.45, 7) is 8.32. The van der Waals surface area contributed by atoms with E-state index in [1.807, 2.05) is 0 Å². The van der Waals surface area contributed by atoms with Crippen molar-refractivity contribution in [2.24, 2.45) is 0 Å². The number of rotatable bonds is 3. The minimum absolute atomic E-state index is 0.601. The molecule has 0 aromatic heterocycles. The van der Waals surface area contributed by atoms with Gasteiger partial charge in [-0.05, 0) is 32.7 Å². The van der Waals surface area contributed by atoms with Crippen molar-refractivity contribution in [1.29, 1.82) is 0 Å². The molecule has 0 bridgehead atoms. The van der Waals surface area contributed by atoms with Gasteiger partial charge in [0.25, 0.3) is 0 Å². The van der Waals surface area contributed by atoms with Gasteiger partial charge >= 0.3 is 0 Å². The van der Waals surface area contributed by atoms with Gasteiger partial charge in [0, 0.05) is 24.7 Å². The van der Waals surface area contributed by atoms with Crippen LogP contribution in [0.5, 0.6) is 0 Å². The van der Waals surface area contributed by atoms with Crippen LogP contribution in [0.1, 0.15) is 33.1 Å². The van der Waals surface area contributed by atoms with Crippen LogP contribution < -0.4 is 5.32 Å². The lowest BCUT2D eigenvalue weighted by molar-refractivity contribution is 0.233.